The molecule has 0 unspecified atom stereocenters. The van der Waals surface area contributed by atoms with Crippen molar-refractivity contribution in [1.29, 1.82) is 0 Å². The largest absolute Gasteiger partial charge is 0.399 e. The van der Waals surface area contributed by atoms with Gasteiger partial charge < -0.3 is 5.73 Å². The molecule has 1 aliphatic rings. The number of nitrogens with two attached hydrogens (primary N) is 1. The number of rotatable bonds is 4. The first-order chi connectivity index (χ1) is 10.7. The minimum Gasteiger partial charge on any atom is -0.399 e. The molecule has 0 bridgehead atoms. The molecular formula is C18H22ClN3. The number of nitrogen functional groups attached to an aromatic ring is 1. The molecule has 0 amide bonds. The summed E-state index contributed by atoms with van der Waals surface area (Å²) in [5.41, 5.74) is 9.27. The first kappa shape index (κ1) is 15.3. The quantitative estimate of drug-likeness (QED) is 0.879. The molecule has 1 fully saturated rings. The second-order valence-electron chi connectivity index (χ2n) is 5.93. The molecule has 2 N–H and O–H groups in total. The molecule has 116 valence electrons. The average Bonchev–Trinajstić information content (AvgIpc) is 2.49. The van der Waals surface area contributed by atoms with E-state index in [2.05, 4.69) is 34.1 Å². The van der Waals surface area contributed by atoms with Gasteiger partial charge >= 0.3 is 0 Å². The van der Waals surface area contributed by atoms with Crippen molar-refractivity contribution in [2.45, 2.75) is 13.1 Å². The molecule has 3 rings (SSSR count). The zero-order chi connectivity index (χ0) is 15.4. The van der Waals surface area contributed by atoms with Gasteiger partial charge in [0.05, 0.1) is 0 Å². The Balaban J connectivity index is 1.50. The van der Waals surface area contributed by atoms with E-state index < -0.39 is 0 Å². The summed E-state index contributed by atoms with van der Waals surface area (Å²) in [5, 5.41) is 0.817. The Kier molecular flexibility index (Phi) is 4.98. The van der Waals surface area contributed by atoms with Crippen LogP contribution in [0.15, 0.2) is 48.5 Å². The summed E-state index contributed by atoms with van der Waals surface area (Å²) in [6, 6.07) is 16.3. The Morgan fingerprint density at radius 1 is 0.818 bits per heavy atom. The smallest absolute Gasteiger partial charge is 0.0409 e. The Labute approximate surface area is 137 Å². The van der Waals surface area contributed by atoms with Gasteiger partial charge in [0.1, 0.15) is 0 Å². The number of benzene rings is 2. The van der Waals surface area contributed by atoms with E-state index in [4.69, 9.17) is 17.3 Å². The summed E-state index contributed by atoms with van der Waals surface area (Å²) in [6.07, 6.45) is 0. The Morgan fingerprint density at radius 2 is 1.36 bits per heavy atom. The third-order valence-electron chi connectivity index (χ3n) is 4.12. The zero-order valence-electron chi connectivity index (χ0n) is 12.7. The van der Waals surface area contributed by atoms with Crippen molar-refractivity contribution in [3.8, 4) is 0 Å². The van der Waals surface area contributed by atoms with Crippen LogP contribution in [0.2, 0.25) is 5.02 Å². The Bertz CT molecular complexity index is 566. The second-order valence-corrected chi connectivity index (χ2v) is 6.36. The van der Waals surface area contributed by atoms with E-state index in [0.717, 1.165) is 50.0 Å². The second kappa shape index (κ2) is 7.14. The van der Waals surface area contributed by atoms with E-state index in [0.29, 0.717) is 0 Å². The van der Waals surface area contributed by atoms with Gasteiger partial charge in [-0.3, -0.25) is 9.80 Å². The van der Waals surface area contributed by atoms with E-state index >= 15 is 0 Å². The first-order valence-electron chi connectivity index (χ1n) is 7.72. The van der Waals surface area contributed by atoms with Crippen molar-refractivity contribution in [1.82, 2.24) is 9.80 Å². The molecule has 3 nitrogen and oxygen atoms in total. The molecule has 2 aromatic rings. The topological polar surface area (TPSA) is 32.5 Å². The van der Waals surface area contributed by atoms with Crippen molar-refractivity contribution >= 4 is 17.3 Å². The van der Waals surface area contributed by atoms with Gasteiger partial charge in [-0.2, -0.15) is 0 Å². The summed E-state index contributed by atoms with van der Waals surface area (Å²) >= 11 is 6.05. The molecule has 0 aromatic heterocycles. The van der Waals surface area contributed by atoms with Crippen LogP contribution in [0.1, 0.15) is 11.1 Å². The predicted molar refractivity (Wildman–Crippen MR) is 92.9 cm³/mol. The molecule has 2 aromatic carbocycles. The number of piperazine rings is 1. The lowest BCUT2D eigenvalue weighted by atomic mass is 10.1. The minimum atomic E-state index is 0.817. The normalized spacial score (nSPS) is 16.8. The van der Waals surface area contributed by atoms with Gasteiger partial charge in [-0.1, -0.05) is 35.9 Å². The highest BCUT2D eigenvalue weighted by atomic mass is 35.5. The zero-order valence-corrected chi connectivity index (χ0v) is 13.5. The summed E-state index contributed by atoms with van der Waals surface area (Å²) in [7, 11) is 0. The highest BCUT2D eigenvalue weighted by Gasteiger charge is 2.17. The fourth-order valence-corrected chi connectivity index (χ4v) is 3.16. The number of anilines is 1. The first-order valence-corrected chi connectivity index (χ1v) is 8.10. The van der Waals surface area contributed by atoms with Crippen LogP contribution in [0.3, 0.4) is 0 Å². The molecule has 1 saturated heterocycles. The third-order valence-corrected chi connectivity index (χ3v) is 4.35. The van der Waals surface area contributed by atoms with Gasteiger partial charge in [-0.15, -0.1) is 0 Å². The van der Waals surface area contributed by atoms with Crippen LogP contribution in [-0.2, 0) is 13.1 Å². The fraction of sp³-hybridized carbons (Fsp3) is 0.333. The molecule has 0 saturated carbocycles. The number of hydrogen-bond donors (Lipinski definition) is 1. The standard InChI is InChI=1S/C18H22ClN3/c19-17-5-1-3-15(11-17)13-21-7-9-22(10-8-21)14-16-4-2-6-18(20)12-16/h1-6,11-12H,7-10,13-14,20H2. The van der Waals surface area contributed by atoms with Gasteiger partial charge in [-0.25, -0.2) is 0 Å². The summed E-state index contributed by atoms with van der Waals surface area (Å²) in [6.45, 7) is 6.33. The lowest BCUT2D eigenvalue weighted by molar-refractivity contribution is 0.122. The van der Waals surface area contributed by atoms with Gasteiger partial charge in [0.25, 0.3) is 0 Å². The van der Waals surface area contributed by atoms with Crippen LogP contribution in [0, 0.1) is 0 Å². The number of halogens is 1. The highest BCUT2D eigenvalue weighted by Crippen LogP contribution is 2.15. The summed E-state index contributed by atoms with van der Waals surface area (Å²) < 4.78 is 0. The van der Waals surface area contributed by atoms with E-state index in [1.165, 1.54) is 11.1 Å². The lowest BCUT2D eigenvalue weighted by Gasteiger charge is -2.34. The maximum absolute atomic E-state index is 6.05. The number of hydrogen-bond acceptors (Lipinski definition) is 3. The van der Waals surface area contributed by atoms with Crippen LogP contribution in [0.4, 0.5) is 5.69 Å². The molecule has 22 heavy (non-hydrogen) atoms. The highest BCUT2D eigenvalue weighted by molar-refractivity contribution is 6.30. The van der Waals surface area contributed by atoms with Crippen LogP contribution in [-0.4, -0.2) is 36.0 Å². The molecule has 1 aliphatic heterocycles. The molecule has 0 aliphatic carbocycles. The number of nitrogens with zero attached hydrogens (tertiary/aromatic N) is 2. The minimum absolute atomic E-state index is 0.817. The summed E-state index contributed by atoms with van der Waals surface area (Å²) in [4.78, 5) is 4.98. The molecule has 0 atom stereocenters. The van der Waals surface area contributed by atoms with E-state index in [9.17, 15) is 0 Å². The fourth-order valence-electron chi connectivity index (χ4n) is 2.95. The molecular weight excluding hydrogens is 294 g/mol. The van der Waals surface area contributed by atoms with E-state index in [-0.39, 0.29) is 0 Å². The van der Waals surface area contributed by atoms with Crippen molar-refractivity contribution in [3.05, 3.63) is 64.7 Å². The average molecular weight is 316 g/mol. The monoisotopic (exact) mass is 315 g/mol. The molecule has 4 heteroatoms. The SMILES string of the molecule is Nc1cccc(CN2CCN(Cc3cccc(Cl)c3)CC2)c1. The maximum atomic E-state index is 6.05. The van der Waals surface area contributed by atoms with Crippen molar-refractivity contribution in [2.75, 3.05) is 31.9 Å². The van der Waals surface area contributed by atoms with Gasteiger partial charge in [-0.05, 0) is 35.4 Å². The van der Waals surface area contributed by atoms with Crippen molar-refractivity contribution < 1.29 is 0 Å². The van der Waals surface area contributed by atoms with Crippen LogP contribution in [0.5, 0.6) is 0 Å². The van der Waals surface area contributed by atoms with Crippen molar-refractivity contribution in [2.24, 2.45) is 0 Å². The van der Waals surface area contributed by atoms with Crippen molar-refractivity contribution in [3.63, 3.8) is 0 Å². The Hall–Kier alpha value is -1.55. The summed E-state index contributed by atoms with van der Waals surface area (Å²) in [5.74, 6) is 0. The lowest BCUT2D eigenvalue weighted by Crippen LogP contribution is -2.45. The molecule has 1 heterocycles. The van der Waals surface area contributed by atoms with Gasteiger partial charge in [0.15, 0.2) is 0 Å². The Morgan fingerprint density at radius 3 is 1.91 bits per heavy atom. The van der Waals surface area contributed by atoms with E-state index in [1.54, 1.807) is 0 Å². The van der Waals surface area contributed by atoms with Crippen LogP contribution < -0.4 is 5.73 Å². The molecule has 0 radical (unpaired) electrons. The third kappa shape index (κ3) is 4.23. The van der Waals surface area contributed by atoms with Gasteiger partial charge in [0.2, 0.25) is 0 Å². The predicted octanol–water partition coefficient (Wildman–Crippen LogP) is 3.24. The van der Waals surface area contributed by atoms with Crippen LogP contribution in [0.25, 0.3) is 0 Å². The molecule has 0 spiro atoms. The van der Waals surface area contributed by atoms with Crippen LogP contribution >= 0.6 is 11.6 Å². The van der Waals surface area contributed by atoms with Gasteiger partial charge in [0, 0.05) is 50.0 Å². The van der Waals surface area contributed by atoms with E-state index in [1.807, 2.05) is 24.3 Å². The maximum Gasteiger partial charge on any atom is 0.0409 e.